The standard InChI is InChI=1S/C22H36N2OS/c1-7-8-9-10-11-12-17(2)18(3)23(5)19(4)20-13-14-22(21(20)25)15-24(16-22)26-6/h8-11,19-21,25H,2-3,7,12-16H2,1,4-6H3/b9-8-,11-10-. The highest BCUT2D eigenvalue weighted by Crippen LogP contribution is 2.51. The second kappa shape index (κ2) is 9.29. The van der Waals surface area contributed by atoms with Crippen LogP contribution in [0.5, 0.6) is 0 Å². The maximum absolute atomic E-state index is 11.0. The summed E-state index contributed by atoms with van der Waals surface area (Å²) >= 11 is 1.79. The molecule has 0 amide bonds. The Kier molecular flexibility index (Phi) is 7.63. The van der Waals surface area contributed by atoms with Crippen molar-refractivity contribution in [2.45, 2.75) is 51.7 Å². The molecule has 3 unspecified atom stereocenters. The van der Waals surface area contributed by atoms with E-state index in [9.17, 15) is 5.11 Å². The van der Waals surface area contributed by atoms with Crippen LogP contribution in [0.3, 0.4) is 0 Å². The van der Waals surface area contributed by atoms with Crippen LogP contribution in [0.2, 0.25) is 0 Å². The highest BCUT2D eigenvalue weighted by atomic mass is 32.2. The van der Waals surface area contributed by atoms with Crippen LogP contribution < -0.4 is 0 Å². The minimum Gasteiger partial charge on any atom is -0.392 e. The number of hydrogen-bond donors (Lipinski definition) is 1. The van der Waals surface area contributed by atoms with E-state index in [2.05, 4.69) is 73.8 Å². The molecule has 0 aromatic rings. The average molecular weight is 377 g/mol. The minimum atomic E-state index is -0.219. The molecular weight excluding hydrogens is 340 g/mol. The van der Waals surface area contributed by atoms with E-state index >= 15 is 0 Å². The van der Waals surface area contributed by atoms with Crippen LogP contribution in [0.15, 0.2) is 48.7 Å². The molecular formula is C22H36N2OS. The first-order valence-electron chi connectivity index (χ1n) is 9.75. The van der Waals surface area contributed by atoms with Gasteiger partial charge in [0.15, 0.2) is 0 Å². The fraction of sp³-hybridized carbons (Fsp3) is 0.636. The molecule has 146 valence electrons. The highest BCUT2D eigenvalue weighted by molar-refractivity contribution is 7.96. The van der Waals surface area contributed by atoms with Gasteiger partial charge in [0.2, 0.25) is 0 Å². The lowest BCUT2D eigenvalue weighted by Crippen LogP contribution is -2.58. The van der Waals surface area contributed by atoms with Crippen molar-refractivity contribution >= 4 is 11.9 Å². The minimum absolute atomic E-state index is 0.121. The lowest BCUT2D eigenvalue weighted by Gasteiger charge is -2.50. The van der Waals surface area contributed by atoms with Gasteiger partial charge in [-0.15, -0.1) is 0 Å². The molecule has 0 radical (unpaired) electrons. The van der Waals surface area contributed by atoms with Crippen molar-refractivity contribution in [2.24, 2.45) is 11.3 Å². The number of rotatable bonds is 9. The van der Waals surface area contributed by atoms with E-state index in [1.165, 1.54) is 0 Å². The Bertz CT molecular complexity index is 562. The zero-order valence-electron chi connectivity index (χ0n) is 16.9. The summed E-state index contributed by atoms with van der Waals surface area (Å²) in [7, 11) is 2.09. The molecule has 4 heteroatoms. The van der Waals surface area contributed by atoms with Crippen LogP contribution in [0, 0.1) is 11.3 Å². The molecule has 0 aromatic heterocycles. The summed E-state index contributed by atoms with van der Waals surface area (Å²) in [6.07, 6.45) is 14.4. The number of hydrogen-bond acceptors (Lipinski definition) is 4. The third-order valence-corrected chi connectivity index (χ3v) is 7.07. The fourth-order valence-corrected chi connectivity index (χ4v) is 5.03. The van der Waals surface area contributed by atoms with Gasteiger partial charge in [0.25, 0.3) is 0 Å². The van der Waals surface area contributed by atoms with Crippen LogP contribution in [-0.4, -0.2) is 52.9 Å². The normalized spacial score (nSPS) is 26.5. The number of aliphatic hydroxyl groups excluding tert-OH is 1. The van der Waals surface area contributed by atoms with Crippen LogP contribution >= 0.6 is 11.9 Å². The van der Waals surface area contributed by atoms with E-state index in [4.69, 9.17) is 0 Å². The molecule has 1 aliphatic carbocycles. The second-order valence-corrected chi connectivity index (χ2v) is 8.74. The van der Waals surface area contributed by atoms with E-state index in [0.717, 1.165) is 50.0 Å². The van der Waals surface area contributed by atoms with E-state index in [1.807, 2.05) is 0 Å². The summed E-state index contributed by atoms with van der Waals surface area (Å²) in [5.74, 6) is 0.302. The van der Waals surface area contributed by atoms with Crippen molar-refractivity contribution in [2.75, 3.05) is 26.4 Å². The van der Waals surface area contributed by atoms with Crippen molar-refractivity contribution in [3.05, 3.63) is 48.7 Å². The molecule has 1 heterocycles. The molecule has 3 nitrogen and oxygen atoms in total. The van der Waals surface area contributed by atoms with Crippen LogP contribution in [0.1, 0.15) is 39.5 Å². The van der Waals surface area contributed by atoms with Crippen molar-refractivity contribution in [3.63, 3.8) is 0 Å². The summed E-state index contributed by atoms with van der Waals surface area (Å²) < 4.78 is 2.35. The lowest BCUT2D eigenvalue weighted by atomic mass is 9.76. The molecule has 0 aromatic carbocycles. The molecule has 2 aliphatic rings. The van der Waals surface area contributed by atoms with Gasteiger partial charge in [-0.25, -0.2) is 4.31 Å². The largest absolute Gasteiger partial charge is 0.392 e. The Morgan fingerprint density at radius 1 is 1.35 bits per heavy atom. The maximum Gasteiger partial charge on any atom is 0.0669 e. The highest BCUT2D eigenvalue weighted by Gasteiger charge is 2.56. The maximum atomic E-state index is 11.0. The smallest absolute Gasteiger partial charge is 0.0669 e. The molecule has 1 spiro atoms. The molecule has 0 bridgehead atoms. The van der Waals surface area contributed by atoms with Gasteiger partial charge in [0, 0.05) is 43.2 Å². The third kappa shape index (κ3) is 4.47. The van der Waals surface area contributed by atoms with Gasteiger partial charge in [0.1, 0.15) is 0 Å². The van der Waals surface area contributed by atoms with Crippen molar-refractivity contribution in [3.8, 4) is 0 Å². The summed E-state index contributed by atoms with van der Waals surface area (Å²) in [6.45, 7) is 14.9. The molecule has 1 saturated carbocycles. The summed E-state index contributed by atoms with van der Waals surface area (Å²) in [4.78, 5) is 2.22. The van der Waals surface area contributed by atoms with Gasteiger partial charge in [-0.3, -0.25) is 0 Å². The Balaban J connectivity index is 1.89. The summed E-state index contributed by atoms with van der Waals surface area (Å²) in [5.41, 5.74) is 2.14. The molecule has 2 fully saturated rings. The lowest BCUT2D eigenvalue weighted by molar-refractivity contribution is -0.0558. The number of likely N-dealkylation sites (N-methyl/N-ethyl adjacent to an activating group) is 1. The molecule has 1 N–H and O–H groups in total. The van der Waals surface area contributed by atoms with E-state index in [1.54, 1.807) is 11.9 Å². The van der Waals surface area contributed by atoms with Crippen LogP contribution in [0.25, 0.3) is 0 Å². The zero-order chi connectivity index (χ0) is 19.3. The second-order valence-electron chi connectivity index (χ2n) is 7.86. The predicted molar refractivity (Wildman–Crippen MR) is 115 cm³/mol. The van der Waals surface area contributed by atoms with Crippen molar-refractivity contribution in [1.29, 1.82) is 0 Å². The zero-order valence-corrected chi connectivity index (χ0v) is 17.8. The van der Waals surface area contributed by atoms with E-state index in [0.29, 0.717) is 5.92 Å². The number of aliphatic hydroxyl groups is 1. The van der Waals surface area contributed by atoms with Gasteiger partial charge < -0.3 is 10.0 Å². The summed E-state index contributed by atoms with van der Waals surface area (Å²) in [5, 5.41) is 11.0. The fourth-order valence-electron chi connectivity index (χ4n) is 4.25. The average Bonchev–Trinajstić information content (AvgIpc) is 2.95. The van der Waals surface area contributed by atoms with Crippen LogP contribution in [0.4, 0.5) is 0 Å². The van der Waals surface area contributed by atoms with Gasteiger partial charge >= 0.3 is 0 Å². The van der Waals surface area contributed by atoms with Gasteiger partial charge in [-0.05, 0) is 44.4 Å². The summed E-state index contributed by atoms with van der Waals surface area (Å²) in [6, 6.07) is 0.265. The van der Waals surface area contributed by atoms with Crippen molar-refractivity contribution in [1.82, 2.24) is 9.21 Å². The number of nitrogens with zero attached hydrogens (tertiary/aromatic N) is 2. The van der Waals surface area contributed by atoms with Gasteiger partial charge in [-0.1, -0.05) is 56.3 Å². The number of allylic oxidation sites excluding steroid dienone is 5. The van der Waals surface area contributed by atoms with Gasteiger partial charge in [0.05, 0.1) is 6.10 Å². The Labute approximate surface area is 164 Å². The third-order valence-electron chi connectivity index (χ3n) is 6.30. The van der Waals surface area contributed by atoms with Gasteiger partial charge in [-0.2, -0.15) is 0 Å². The molecule has 1 saturated heterocycles. The molecule has 26 heavy (non-hydrogen) atoms. The first kappa shape index (κ1) is 21.3. The topological polar surface area (TPSA) is 26.7 Å². The SMILES string of the molecule is C=C(C/C=C\C=C/CC)C(=C)N(C)C(C)C1CCC2(CN(SC)C2)C1O. The predicted octanol–water partition coefficient (Wildman–Crippen LogP) is 4.64. The van der Waals surface area contributed by atoms with Crippen molar-refractivity contribution < 1.29 is 5.11 Å². The molecule has 1 aliphatic heterocycles. The first-order valence-corrected chi connectivity index (χ1v) is 10.9. The quantitative estimate of drug-likeness (QED) is 0.468. The first-order chi connectivity index (χ1) is 12.4. The van der Waals surface area contributed by atoms with Crippen LogP contribution in [-0.2, 0) is 0 Å². The monoisotopic (exact) mass is 376 g/mol. The molecule has 2 rings (SSSR count). The Morgan fingerprint density at radius 3 is 2.62 bits per heavy atom. The van der Waals surface area contributed by atoms with E-state index < -0.39 is 0 Å². The Morgan fingerprint density at radius 2 is 2.00 bits per heavy atom. The van der Waals surface area contributed by atoms with E-state index in [-0.39, 0.29) is 17.6 Å². The molecule has 3 atom stereocenters. The Hall–Kier alpha value is -0.970.